The molecule has 0 aliphatic heterocycles. The second-order valence-corrected chi connectivity index (χ2v) is 5.62. The first-order chi connectivity index (χ1) is 8.33. The van der Waals surface area contributed by atoms with Crippen molar-refractivity contribution >= 4 is 11.3 Å². The van der Waals surface area contributed by atoms with Crippen molar-refractivity contribution in [3.63, 3.8) is 0 Å². The minimum absolute atomic E-state index is 1.10. The number of nitrogens with one attached hydrogen (secondary N) is 1. The van der Waals surface area contributed by atoms with Gasteiger partial charge in [0.2, 0.25) is 0 Å². The summed E-state index contributed by atoms with van der Waals surface area (Å²) in [6, 6.07) is 4.35. The van der Waals surface area contributed by atoms with Gasteiger partial charge in [0, 0.05) is 11.4 Å². The Morgan fingerprint density at radius 3 is 2.76 bits per heavy atom. The maximum Gasteiger partial charge on any atom is 0.0324 e. The lowest BCUT2D eigenvalue weighted by molar-refractivity contribution is 0.319. The van der Waals surface area contributed by atoms with Gasteiger partial charge in [-0.1, -0.05) is 25.8 Å². The molecular formula is C14H26N2S. The normalized spacial score (nSPS) is 11.2. The number of hydrogen-bond acceptors (Lipinski definition) is 3. The smallest absolute Gasteiger partial charge is 0.0324 e. The summed E-state index contributed by atoms with van der Waals surface area (Å²) in [4.78, 5) is 3.90. The van der Waals surface area contributed by atoms with E-state index in [9.17, 15) is 0 Å². The van der Waals surface area contributed by atoms with Gasteiger partial charge in [0.05, 0.1) is 0 Å². The number of hydrogen-bond donors (Lipinski definition) is 1. The first-order valence-electron chi connectivity index (χ1n) is 6.74. The summed E-state index contributed by atoms with van der Waals surface area (Å²) in [5, 5.41) is 5.53. The molecule has 2 nitrogen and oxygen atoms in total. The second kappa shape index (κ2) is 9.63. The van der Waals surface area contributed by atoms with Gasteiger partial charge in [-0.3, -0.25) is 0 Å². The van der Waals surface area contributed by atoms with Crippen LogP contribution < -0.4 is 5.32 Å². The average Bonchev–Trinajstić information content (AvgIpc) is 2.80. The van der Waals surface area contributed by atoms with Crippen molar-refractivity contribution in [3.8, 4) is 0 Å². The van der Waals surface area contributed by atoms with Gasteiger partial charge in [-0.05, 0) is 51.0 Å². The molecule has 1 N–H and O–H groups in total. The summed E-state index contributed by atoms with van der Waals surface area (Å²) in [7, 11) is 2.22. The van der Waals surface area contributed by atoms with Crippen LogP contribution in [0.2, 0.25) is 0 Å². The number of unbranched alkanes of at least 4 members (excludes halogenated alkanes) is 3. The van der Waals surface area contributed by atoms with Crippen LogP contribution >= 0.6 is 11.3 Å². The standard InChI is InChI=1S/C14H26N2S/c1-3-15-10-6-4-5-7-11-16(2)13-14-9-8-12-17-14/h8-9,12,15H,3-7,10-11,13H2,1-2H3. The van der Waals surface area contributed by atoms with E-state index in [0.29, 0.717) is 0 Å². The summed E-state index contributed by atoms with van der Waals surface area (Å²) < 4.78 is 0. The van der Waals surface area contributed by atoms with Crippen LogP contribution in [0.4, 0.5) is 0 Å². The van der Waals surface area contributed by atoms with Crippen molar-refractivity contribution in [1.82, 2.24) is 10.2 Å². The van der Waals surface area contributed by atoms with Crippen LogP contribution in [0.1, 0.15) is 37.5 Å². The molecule has 0 spiro atoms. The molecule has 0 unspecified atom stereocenters. The zero-order chi connectivity index (χ0) is 12.3. The highest BCUT2D eigenvalue weighted by Gasteiger charge is 2.00. The molecule has 0 aromatic carbocycles. The Balaban J connectivity index is 1.92. The average molecular weight is 254 g/mol. The highest BCUT2D eigenvalue weighted by atomic mass is 32.1. The minimum Gasteiger partial charge on any atom is -0.317 e. The molecule has 0 fully saturated rings. The predicted molar refractivity (Wildman–Crippen MR) is 77.7 cm³/mol. The van der Waals surface area contributed by atoms with Crippen LogP contribution in [0, 0.1) is 0 Å². The van der Waals surface area contributed by atoms with E-state index >= 15 is 0 Å². The molecule has 0 amide bonds. The van der Waals surface area contributed by atoms with Gasteiger partial charge < -0.3 is 10.2 Å². The van der Waals surface area contributed by atoms with Gasteiger partial charge in [-0.25, -0.2) is 0 Å². The lowest BCUT2D eigenvalue weighted by Gasteiger charge is -2.15. The molecule has 1 rings (SSSR count). The van der Waals surface area contributed by atoms with Crippen molar-refractivity contribution in [2.45, 2.75) is 39.2 Å². The van der Waals surface area contributed by atoms with Gasteiger partial charge >= 0.3 is 0 Å². The molecule has 0 saturated heterocycles. The molecule has 0 saturated carbocycles. The third kappa shape index (κ3) is 7.53. The topological polar surface area (TPSA) is 15.3 Å². The quantitative estimate of drug-likeness (QED) is 0.644. The molecule has 1 aromatic rings. The molecule has 1 aromatic heterocycles. The van der Waals surface area contributed by atoms with Gasteiger partial charge in [-0.15, -0.1) is 11.3 Å². The Labute approximate surface area is 110 Å². The lowest BCUT2D eigenvalue weighted by atomic mass is 10.2. The fourth-order valence-corrected chi connectivity index (χ4v) is 2.69. The number of thiophene rings is 1. The number of rotatable bonds is 10. The number of nitrogens with zero attached hydrogens (tertiary/aromatic N) is 1. The van der Waals surface area contributed by atoms with Crippen LogP contribution in [-0.2, 0) is 6.54 Å². The lowest BCUT2D eigenvalue weighted by Crippen LogP contribution is -2.18. The summed E-state index contributed by atoms with van der Waals surface area (Å²) in [5.41, 5.74) is 0. The third-order valence-corrected chi connectivity index (χ3v) is 3.76. The van der Waals surface area contributed by atoms with Gasteiger partial charge in [-0.2, -0.15) is 0 Å². The third-order valence-electron chi connectivity index (χ3n) is 2.90. The van der Waals surface area contributed by atoms with Crippen LogP contribution in [0.5, 0.6) is 0 Å². The van der Waals surface area contributed by atoms with E-state index < -0.39 is 0 Å². The Hall–Kier alpha value is -0.380. The van der Waals surface area contributed by atoms with Crippen molar-refractivity contribution in [2.24, 2.45) is 0 Å². The molecule has 0 atom stereocenters. The monoisotopic (exact) mass is 254 g/mol. The maximum atomic E-state index is 3.37. The Morgan fingerprint density at radius 1 is 1.24 bits per heavy atom. The fraction of sp³-hybridized carbons (Fsp3) is 0.714. The molecule has 0 aliphatic carbocycles. The van der Waals surface area contributed by atoms with Crippen molar-refractivity contribution < 1.29 is 0 Å². The first-order valence-corrected chi connectivity index (χ1v) is 7.62. The van der Waals surface area contributed by atoms with Crippen molar-refractivity contribution in [3.05, 3.63) is 22.4 Å². The van der Waals surface area contributed by atoms with Crippen molar-refractivity contribution in [1.29, 1.82) is 0 Å². The van der Waals surface area contributed by atoms with Gasteiger partial charge in [0.25, 0.3) is 0 Å². The van der Waals surface area contributed by atoms with E-state index in [4.69, 9.17) is 0 Å². The fourth-order valence-electron chi connectivity index (χ4n) is 1.91. The van der Waals surface area contributed by atoms with E-state index in [1.165, 1.54) is 43.6 Å². The Kier molecular flexibility index (Phi) is 8.32. The zero-order valence-corrected chi connectivity index (χ0v) is 12.1. The molecule has 3 heteroatoms. The van der Waals surface area contributed by atoms with Gasteiger partial charge in [0.15, 0.2) is 0 Å². The SMILES string of the molecule is CCNCCCCCCN(C)Cc1cccs1. The summed E-state index contributed by atoms with van der Waals surface area (Å²) in [6.45, 7) is 6.78. The Bertz CT molecular complexity index is 259. The molecular weight excluding hydrogens is 228 g/mol. The maximum absolute atomic E-state index is 3.37. The summed E-state index contributed by atoms with van der Waals surface area (Å²) in [5.74, 6) is 0. The van der Waals surface area contributed by atoms with Crippen molar-refractivity contribution in [2.75, 3.05) is 26.7 Å². The summed E-state index contributed by atoms with van der Waals surface area (Å²) in [6.07, 6.45) is 5.37. The molecule has 17 heavy (non-hydrogen) atoms. The highest BCUT2D eigenvalue weighted by molar-refractivity contribution is 7.09. The largest absolute Gasteiger partial charge is 0.317 e. The molecule has 98 valence electrons. The van der Waals surface area contributed by atoms with E-state index in [-0.39, 0.29) is 0 Å². The van der Waals surface area contributed by atoms with Crippen LogP contribution in [0.3, 0.4) is 0 Å². The van der Waals surface area contributed by atoms with E-state index in [2.05, 4.69) is 41.7 Å². The van der Waals surface area contributed by atoms with Gasteiger partial charge in [0.1, 0.15) is 0 Å². The molecule has 0 bridgehead atoms. The van der Waals surface area contributed by atoms with Crippen LogP contribution in [0.25, 0.3) is 0 Å². The van der Waals surface area contributed by atoms with Crippen LogP contribution in [0.15, 0.2) is 17.5 Å². The molecule has 0 aliphatic rings. The highest BCUT2D eigenvalue weighted by Crippen LogP contribution is 2.11. The Morgan fingerprint density at radius 2 is 2.06 bits per heavy atom. The minimum atomic E-state index is 1.10. The summed E-state index contributed by atoms with van der Waals surface area (Å²) >= 11 is 1.85. The van der Waals surface area contributed by atoms with E-state index in [1.807, 2.05) is 11.3 Å². The van der Waals surface area contributed by atoms with E-state index in [0.717, 1.165) is 13.1 Å². The first kappa shape index (κ1) is 14.7. The zero-order valence-electron chi connectivity index (χ0n) is 11.2. The second-order valence-electron chi connectivity index (χ2n) is 4.58. The predicted octanol–water partition coefficient (Wildman–Crippen LogP) is 3.35. The molecule has 1 heterocycles. The van der Waals surface area contributed by atoms with Crippen LogP contribution in [-0.4, -0.2) is 31.6 Å². The van der Waals surface area contributed by atoms with E-state index in [1.54, 1.807) is 0 Å². The molecule has 0 radical (unpaired) electrons.